The number of hydrogen-bond donors (Lipinski definition) is 1. The van der Waals surface area contributed by atoms with E-state index in [0.717, 1.165) is 11.8 Å². The maximum Gasteiger partial charge on any atom is 0.306 e. The Kier molecular flexibility index (Phi) is 5.86. The number of methoxy groups -OCH3 is 1. The van der Waals surface area contributed by atoms with Gasteiger partial charge in [-0.2, -0.15) is 0 Å². The molecule has 0 saturated heterocycles. The van der Waals surface area contributed by atoms with E-state index in [-0.39, 0.29) is 17.6 Å². The van der Waals surface area contributed by atoms with Gasteiger partial charge in [-0.25, -0.2) is 0 Å². The zero-order valence-electron chi connectivity index (χ0n) is 9.23. The van der Waals surface area contributed by atoms with Gasteiger partial charge >= 0.3 is 5.97 Å². The summed E-state index contributed by atoms with van der Waals surface area (Å²) < 4.78 is 4.46. The molecule has 1 N–H and O–H groups in total. The molecule has 0 aliphatic heterocycles. The number of halogens is 1. The van der Waals surface area contributed by atoms with Crippen LogP contribution in [0.1, 0.15) is 6.42 Å². The maximum absolute atomic E-state index is 11.5. The quantitative estimate of drug-likeness (QED) is 0.856. The normalized spacial score (nSPS) is 9.76. The number of ether oxygens (including phenoxy) is 1. The SMILES string of the molecule is COC(=O)CCSC(=O)Nc1ccccc1Cl. The Morgan fingerprint density at radius 2 is 2.12 bits per heavy atom. The lowest BCUT2D eigenvalue weighted by molar-refractivity contribution is -0.140. The first-order valence-corrected chi connectivity index (χ1v) is 6.25. The number of thioether (sulfide) groups is 1. The third-order valence-electron chi connectivity index (χ3n) is 1.88. The largest absolute Gasteiger partial charge is 0.469 e. The van der Waals surface area contributed by atoms with E-state index >= 15 is 0 Å². The van der Waals surface area contributed by atoms with E-state index in [1.807, 2.05) is 0 Å². The van der Waals surface area contributed by atoms with Crippen molar-refractivity contribution < 1.29 is 14.3 Å². The lowest BCUT2D eigenvalue weighted by Gasteiger charge is -2.05. The van der Waals surface area contributed by atoms with Crippen LogP contribution in [0.3, 0.4) is 0 Å². The molecule has 1 aromatic rings. The summed E-state index contributed by atoms with van der Waals surface area (Å²) in [5.74, 6) is 0.0474. The maximum atomic E-state index is 11.5. The van der Waals surface area contributed by atoms with Gasteiger partial charge in [-0.15, -0.1) is 0 Å². The second kappa shape index (κ2) is 7.19. The van der Waals surface area contributed by atoms with Gasteiger partial charge in [0.05, 0.1) is 24.2 Å². The highest BCUT2D eigenvalue weighted by Gasteiger charge is 2.07. The van der Waals surface area contributed by atoms with E-state index in [1.165, 1.54) is 7.11 Å². The molecule has 6 heteroatoms. The Balaban J connectivity index is 2.35. The van der Waals surface area contributed by atoms with Crippen LogP contribution in [0.5, 0.6) is 0 Å². The number of anilines is 1. The molecule has 92 valence electrons. The van der Waals surface area contributed by atoms with Crippen molar-refractivity contribution in [1.29, 1.82) is 0 Å². The third kappa shape index (κ3) is 5.10. The summed E-state index contributed by atoms with van der Waals surface area (Å²) in [6, 6.07) is 6.96. The minimum Gasteiger partial charge on any atom is -0.469 e. The van der Waals surface area contributed by atoms with Crippen molar-refractivity contribution in [2.75, 3.05) is 18.2 Å². The van der Waals surface area contributed by atoms with Gasteiger partial charge in [-0.1, -0.05) is 35.5 Å². The molecule has 0 fully saturated rings. The molecule has 1 rings (SSSR count). The topological polar surface area (TPSA) is 55.4 Å². The van der Waals surface area contributed by atoms with Gasteiger partial charge in [-0.3, -0.25) is 9.59 Å². The molecule has 0 atom stereocenters. The predicted molar refractivity (Wildman–Crippen MR) is 69.6 cm³/mol. The minimum atomic E-state index is -0.331. The lowest BCUT2D eigenvalue weighted by Crippen LogP contribution is -2.08. The van der Waals surface area contributed by atoms with Crippen LogP contribution in [-0.2, 0) is 9.53 Å². The number of nitrogens with one attached hydrogen (secondary N) is 1. The Hall–Kier alpha value is -1.20. The molecule has 17 heavy (non-hydrogen) atoms. The molecule has 0 spiro atoms. The first-order valence-electron chi connectivity index (χ1n) is 4.88. The van der Waals surface area contributed by atoms with Crippen molar-refractivity contribution in [3.05, 3.63) is 29.3 Å². The first-order chi connectivity index (χ1) is 8.13. The smallest absolute Gasteiger partial charge is 0.306 e. The van der Waals surface area contributed by atoms with E-state index in [1.54, 1.807) is 24.3 Å². The minimum absolute atomic E-state index is 0.205. The van der Waals surface area contributed by atoms with Gasteiger partial charge in [0.15, 0.2) is 0 Å². The van der Waals surface area contributed by atoms with Crippen LogP contribution in [-0.4, -0.2) is 24.1 Å². The second-order valence-corrected chi connectivity index (χ2v) is 4.54. The van der Waals surface area contributed by atoms with Crippen molar-refractivity contribution in [3.63, 3.8) is 0 Å². The third-order valence-corrected chi connectivity index (χ3v) is 2.98. The Morgan fingerprint density at radius 3 is 2.76 bits per heavy atom. The molecule has 0 aliphatic carbocycles. The van der Waals surface area contributed by atoms with Gasteiger partial charge in [0.25, 0.3) is 5.24 Å². The highest BCUT2D eigenvalue weighted by Crippen LogP contribution is 2.22. The summed E-state index contributed by atoms with van der Waals surface area (Å²) in [5, 5.41) is 2.87. The molecule has 1 amide bonds. The molecule has 0 radical (unpaired) electrons. The number of carbonyl (C=O) groups excluding carboxylic acids is 2. The Labute approximate surface area is 109 Å². The standard InChI is InChI=1S/C11H12ClNO3S/c1-16-10(14)6-7-17-11(15)13-9-5-3-2-4-8(9)12/h2-5H,6-7H2,1H3,(H,13,15). The number of amides is 1. The van der Waals surface area contributed by atoms with Crippen molar-refractivity contribution in [1.82, 2.24) is 0 Å². The summed E-state index contributed by atoms with van der Waals surface area (Å²) in [7, 11) is 1.32. The fourth-order valence-electron chi connectivity index (χ4n) is 1.04. The van der Waals surface area contributed by atoms with Crippen molar-refractivity contribution in [3.8, 4) is 0 Å². The molecule has 0 aromatic heterocycles. The van der Waals surface area contributed by atoms with Gasteiger partial charge in [0.2, 0.25) is 0 Å². The molecule has 0 bridgehead atoms. The van der Waals surface area contributed by atoms with Gasteiger partial charge in [0, 0.05) is 5.75 Å². The van der Waals surface area contributed by atoms with Crippen molar-refractivity contribution in [2.24, 2.45) is 0 Å². The van der Waals surface area contributed by atoms with Gasteiger partial charge in [-0.05, 0) is 12.1 Å². The lowest BCUT2D eigenvalue weighted by atomic mass is 10.3. The number of rotatable bonds is 4. The number of hydrogen-bond acceptors (Lipinski definition) is 4. The van der Waals surface area contributed by atoms with E-state index in [2.05, 4.69) is 10.1 Å². The van der Waals surface area contributed by atoms with Gasteiger partial charge < -0.3 is 10.1 Å². The van der Waals surface area contributed by atoms with E-state index < -0.39 is 0 Å². The van der Waals surface area contributed by atoms with Crippen LogP contribution in [0.2, 0.25) is 5.02 Å². The fraction of sp³-hybridized carbons (Fsp3) is 0.273. The molecule has 4 nitrogen and oxygen atoms in total. The summed E-state index contributed by atoms with van der Waals surface area (Å²) in [4.78, 5) is 22.3. The fourth-order valence-corrected chi connectivity index (χ4v) is 1.86. The molecule has 0 heterocycles. The summed E-state index contributed by atoms with van der Waals surface area (Å²) >= 11 is 6.89. The van der Waals surface area contributed by atoms with Crippen LogP contribution >= 0.6 is 23.4 Å². The highest BCUT2D eigenvalue weighted by atomic mass is 35.5. The van der Waals surface area contributed by atoms with Crippen molar-refractivity contribution >= 4 is 40.3 Å². The van der Waals surface area contributed by atoms with Crippen molar-refractivity contribution in [2.45, 2.75) is 6.42 Å². The van der Waals surface area contributed by atoms with Crippen LogP contribution < -0.4 is 5.32 Å². The molecular weight excluding hydrogens is 262 g/mol. The Bertz CT molecular complexity index is 411. The average Bonchev–Trinajstić information content (AvgIpc) is 2.32. The highest BCUT2D eigenvalue weighted by molar-refractivity contribution is 8.13. The first kappa shape index (κ1) is 13.9. The zero-order chi connectivity index (χ0) is 12.7. The monoisotopic (exact) mass is 273 g/mol. The van der Waals surface area contributed by atoms with Crippen LogP contribution in [0.25, 0.3) is 0 Å². The number of para-hydroxylation sites is 1. The predicted octanol–water partition coefficient (Wildman–Crippen LogP) is 3.17. The van der Waals surface area contributed by atoms with Crippen LogP contribution in [0.4, 0.5) is 10.5 Å². The Morgan fingerprint density at radius 1 is 1.41 bits per heavy atom. The summed E-state index contributed by atoms with van der Waals surface area (Å²) in [5.41, 5.74) is 0.560. The molecule has 0 saturated carbocycles. The number of esters is 1. The van der Waals surface area contributed by atoms with E-state index in [9.17, 15) is 9.59 Å². The summed E-state index contributed by atoms with van der Waals surface area (Å²) in [6.45, 7) is 0. The molecule has 0 aliphatic rings. The molecular formula is C11H12ClNO3S. The summed E-state index contributed by atoms with van der Waals surface area (Å²) in [6.07, 6.45) is 0.205. The van der Waals surface area contributed by atoms with Gasteiger partial charge in [0.1, 0.15) is 0 Å². The second-order valence-electron chi connectivity index (χ2n) is 3.07. The number of carbonyl (C=O) groups is 2. The zero-order valence-corrected chi connectivity index (χ0v) is 10.8. The van der Waals surface area contributed by atoms with E-state index in [0.29, 0.717) is 16.5 Å². The van der Waals surface area contributed by atoms with E-state index in [4.69, 9.17) is 11.6 Å². The molecule has 1 aromatic carbocycles. The average molecular weight is 274 g/mol. The van der Waals surface area contributed by atoms with Crippen LogP contribution in [0, 0.1) is 0 Å². The van der Waals surface area contributed by atoms with Crippen LogP contribution in [0.15, 0.2) is 24.3 Å². The molecule has 0 unspecified atom stereocenters. The number of benzene rings is 1.